The van der Waals surface area contributed by atoms with Crippen molar-refractivity contribution < 1.29 is 9.90 Å². The van der Waals surface area contributed by atoms with E-state index >= 15 is 0 Å². The zero-order valence-corrected chi connectivity index (χ0v) is 11.8. The lowest BCUT2D eigenvalue weighted by Gasteiger charge is -2.33. The molecule has 108 valence electrons. The van der Waals surface area contributed by atoms with Gasteiger partial charge in [-0.15, -0.1) is 0 Å². The van der Waals surface area contributed by atoms with E-state index in [1.807, 2.05) is 4.90 Å². The minimum Gasteiger partial charge on any atom is -0.390 e. The van der Waals surface area contributed by atoms with Crippen LogP contribution >= 0.6 is 0 Å². The lowest BCUT2D eigenvalue weighted by molar-refractivity contribution is -0.134. The summed E-state index contributed by atoms with van der Waals surface area (Å²) in [7, 11) is 0. The van der Waals surface area contributed by atoms with Gasteiger partial charge in [0.25, 0.3) is 0 Å². The molecule has 0 unspecified atom stereocenters. The van der Waals surface area contributed by atoms with Gasteiger partial charge < -0.3 is 10.0 Å². The fourth-order valence-corrected chi connectivity index (χ4v) is 3.99. The number of rotatable bonds is 2. The summed E-state index contributed by atoms with van der Waals surface area (Å²) in [6, 6.07) is 0.186. The highest BCUT2D eigenvalue weighted by molar-refractivity contribution is 5.79. The number of hydrogen-bond donors (Lipinski definition) is 1. The average molecular weight is 266 g/mol. The second kappa shape index (κ2) is 5.80. The summed E-state index contributed by atoms with van der Waals surface area (Å²) >= 11 is 0. The van der Waals surface area contributed by atoms with E-state index in [1.54, 1.807) is 0 Å². The summed E-state index contributed by atoms with van der Waals surface area (Å²) in [6.45, 7) is 3.48. The molecule has 2 atom stereocenters. The second-order valence-corrected chi connectivity index (χ2v) is 6.46. The highest BCUT2D eigenvalue weighted by Crippen LogP contribution is 2.29. The third kappa shape index (κ3) is 2.79. The molecule has 4 heteroatoms. The van der Waals surface area contributed by atoms with Crippen molar-refractivity contribution in [1.29, 1.82) is 0 Å². The first kappa shape index (κ1) is 13.4. The Balaban J connectivity index is 1.59. The molecule has 0 radical (unpaired) electrons. The fourth-order valence-electron chi connectivity index (χ4n) is 3.99. The maximum absolute atomic E-state index is 12.4. The van der Waals surface area contributed by atoms with Crippen LogP contribution < -0.4 is 0 Å². The van der Waals surface area contributed by atoms with E-state index in [-0.39, 0.29) is 18.1 Å². The van der Waals surface area contributed by atoms with Crippen LogP contribution in [0.15, 0.2) is 0 Å². The molecule has 1 saturated carbocycles. The van der Waals surface area contributed by atoms with Crippen molar-refractivity contribution in [2.24, 2.45) is 5.92 Å². The van der Waals surface area contributed by atoms with Gasteiger partial charge in [-0.3, -0.25) is 9.69 Å². The number of β-amino-alcohol motifs (C(OH)–C–C–N with tert-alkyl or cyclic N) is 1. The van der Waals surface area contributed by atoms with Gasteiger partial charge in [-0.2, -0.15) is 0 Å². The van der Waals surface area contributed by atoms with E-state index in [0.29, 0.717) is 12.5 Å². The molecular formula is C15H26N2O2. The van der Waals surface area contributed by atoms with Gasteiger partial charge in [0.05, 0.1) is 12.1 Å². The molecular weight excluding hydrogens is 240 g/mol. The van der Waals surface area contributed by atoms with Crippen LogP contribution in [0.25, 0.3) is 0 Å². The van der Waals surface area contributed by atoms with Crippen molar-refractivity contribution >= 4 is 5.91 Å². The van der Waals surface area contributed by atoms with Gasteiger partial charge in [-0.05, 0) is 38.8 Å². The van der Waals surface area contributed by atoms with E-state index in [0.717, 1.165) is 32.5 Å². The molecule has 3 fully saturated rings. The molecule has 2 heterocycles. The van der Waals surface area contributed by atoms with Crippen LogP contribution in [-0.2, 0) is 4.79 Å². The lowest BCUT2D eigenvalue weighted by Crippen LogP contribution is -2.46. The summed E-state index contributed by atoms with van der Waals surface area (Å²) in [5.41, 5.74) is 0. The molecule has 2 saturated heterocycles. The van der Waals surface area contributed by atoms with E-state index in [2.05, 4.69) is 4.90 Å². The monoisotopic (exact) mass is 266 g/mol. The van der Waals surface area contributed by atoms with Crippen LogP contribution in [0.3, 0.4) is 0 Å². The third-order valence-electron chi connectivity index (χ3n) is 5.13. The summed E-state index contributed by atoms with van der Waals surface area (Å²) in [6.07, 6.45) is 7.94. The predicted octanol–water partition coefficient (Wildman–Crippen LogP) is 1.23. The van der Waals surface area contributed by atoms with Crippen LogP contribution in [-0.4, -0.2) is 59.1 Å². The van der Waals surface area contributed by atoms with Crippen LogP contribution in [0.4, 0.5) is 0 Å². The lowest BCUT2D eigenvalue weighted by atomic mass is 10.1. The molecule has 1 amide bonds. The number of aliphatic hydroxyl groups is 1. The highest BCUT2D eigenvalue weighted by atomic mass is 16.3. The third-order valence-corrected chi connectivity index (χ3v) is 5.13. The molecule has 1 N–H and O–H groups in total. The van der Waals surface area contributed by atoms with E-state index in [4.69, 9.17) is 0 Å². The van der Waals surface area contributed by atoms with Crippen molar-refractivity contribution in [1.82, 2.24) is 9.80 Å². The van der Waals surface area contributed by atoms with Gasteiger partial charge in [0.1, 0.15) is 0 Å². The Morgan fingerprint density at radius 2 is 1.63 bits per heavy atom. The van der Waals surface area contributed by atoms with Gasteiger partial charge in [-0.25, -0.2) is 0 Å². The summed E-state index contributed by atoms with van der Waals surface area (Å²) in [5.74, 6) is 0.545. The zero-order chi connectivity index (χ0) is 13.2. The summed E-state index contributed by atoms with van der Waals surface area (Å²) < 4.78 is 0. The molecule has 2 aliphatic heterocycles. The minimum atomic E-state index is -0.344. The molecule has 19 heavy (non-hydrogen) atoms. The van der Waals surface area contributed by atoms with Crippen molar-refractivity contribution in [2.75, 3.05) is 26.2 Å². The molecule has 0 aromatic heterocycles. The largest absolute Gasteiger partial charge is 0.390 e. The molecule has 1 aliphatic carbocycles. The number of likely N-dealkylation sites (tertiary alicyclic amines) is 2. The average Bonchev–Trinajstić information content (AvgIpc) is 3.08. The number of piperidine rings is 1. The van der Waals surface area contributed by atoms with Crippen molar-refractivity contribution in [3.8, 4) is 0 Å². The number of hydrogen-bond acceptors (Lipinski definition) is 3. The number of carbonyl (C=O) groups is 1. The van der Waals surface area contributed by atoms with E-state index in [9.17, 15) is 9.90 Å². The Bertz CT molecular complexity index is 322. The Hall–Kier alpha value is -0.610. The molecule has 0 aromatic carbocycles. The SMILES string of the molecule is O=C(C1CCCC1)N1C[C@H](O)[C@@H](N2CCCCC2)C1. The summed E-state index contributed by atoms with van der Waals surface area (Å²) in [5, 5.41) is 10.3. The topological polar surface area (TPSA) is 43.8 Å². The number of carbonyl (C=O) groups excluding carboxylic acids is 1. The maximum atomic E-state index is 12.4. The van der Waals surface area contributed by atoms with Crippen molar-refractivity contribution in [2.45, 2.75) is 57.1 Å². The summed E-state index contributed by atoms with van der Waals surface area (Å²) in [4.78, 5) is 16.7. The smallest absolute Gasteiger partial charge is 0.225 e. The van der Waals surface area contributed by atoms with Crippen LogP contribution in [0.5, 0.6) is 0 Å². The molecule has 0 spiro atoms. The Morgan fingerprint density at radius 1 is 0.947 bits per heavy atom. The normalized spacial score (nSPS) is 34.1. The minimum absolute atomic E-state index is 0.186. The first-order chi connectivity index (χ1) is 9.25. The standard InChI is InChI=1S/C15H26N2O2/c18-14-11-17(15(19)12-6-2-3-7-12)10-13(14)16-8-4-1-5-9-16/h12-14,18H,1-11H2/t13-,14-/m0/s1. The Kier molecular flexibility index (Phi) is 4.08. The van der Waals surface area contributed by atoms with Crippen molar-refractivity contribution in [3.05, 3.63) is 0 Å². The second-order valence-electron chi connectivity index (χ2n) is 6.46. The predicted molar refractivity (Wildman–Crippen MR) is 73.8 cm³/mol. The van der Waals surface area contributed by atoms with Crippen molar-refractivity contribution in [3.63, 3.8) is 0 Å². The zero-order valence-electron chi connectivity index (χ0n) is 11.8. The van der Waals surface area contributed by atoms with Crippen LogP contribution in [0.1, 0.15) is 44.9 Å². The maximum Gasteiger partial charge on any atom is 0.225 e. The van der Waals surface area contributed by atoms with Gasteiger partial charge in [0, 0.05) is 19.0 Å². The van der Waals surface area contributed by atoms with Gasteiger partial charge >= 0.3 is 0 Å². The van der Waals surface area contributed by atoms with Crippen LogP contribution in [0.2, 0.25) is 0 Å². The Labute approximate surface area is 115 Å². The van der Waals surface area contributed by atoms with E-state index < -0.39 is 0 Å². The molecule has 0 aromatic rings. The van der Waals surface area contributed by atoms with Crippen LogP contribution in [0, 0.1) is 5.92 Å². The highest BCUT2D eigenvalue weighted by Gasteiger charge is 2.39. The van der Waals surface area contributed by atoms with Gasteiger partial charge in [0.15, 0.2) is 0 Å². The quantitative estimate of drug-likeness (QED) is 0.817. The number of aliphatic hydroxyl groups excluding tert-OH is 1. The number of nitrogens with zero attached hydrogens (tertiary/aromatic N) is 2. The Morgan fingerprint density at radius 3 is 2.32 bits per heavy atom. The molecule has 3 rings (SSSR count). The first-order valence-corrected chi connectivity index (χ1v) is 7.96. The van der Waals surface area contributed by atoms with Gasteiger partial charge in [0.2, 0.25) is 5.91 Å². The number of amides is 1. The first-order valence-electron chi connectivity index (χ1n) is 7.96. The van der Waals surface area contributed by atoms with Gasteiger partial charge in [-0.1, -0.05) is 19.3 Å². The molecule has 4 nitrogen and oxygen atoms in total. The molecule has 0 bridgehead atoms. The fraction of sp³-hybridized carbons (Fsp3) is 0.933. The molecule has 3 aliphatic rings. The van der Waals surface area contributed by atoms with E-state index in [1.165, 1.54) is 32.1 Å².